The van der Waals surface area contributed by atoms with Crippen molar-refractivity contribution in [2.24, 2.45) is 5.41 Å². The molecule has 0 atom stereocenters. The number of benzene rings is 1. The molecule has 3 N–H and O–H groups in total. The summed E-state index contributed by atoms with van der Waals surface area (Å²) in [5, 5.41) is 3.38. The van der Waals surface area contributed by atoms with Crippen molar-refractivity contribution in [2.45, 2.75) is 51.7 Å². The number of nitrogen functional groups attached to an aromatic ring is 1. The Hall–Kier alpha value is -1.98. The smallest absolute Gasteiger partial charge is 0.410 e. The van der Waals surface area contributed by atoms with E-state index in [0.29, 0.717) is 11.7 Å². The number of hydrogen-bond acceptors (Lipinski definition) is 4. The number of nitrogens with one attached hydrogen (secondary N) is 1. The van der Waals surface area contributed by atoms with E-state index in [9.17, 15) is 9.18 Å². The van der Waals surface area contributed by atoms with Crippen molar-refractivity contribution in [1.82, 2.24) is 4.90 Å². The van der Waals surface area contributed by atoms with Gasteiger partial charge in [-0.05, 0) is 63.6 Å². The first kappa shape index (κ1) is 16.9. The third kappa shape index (κ3) is 3.57. The number of hydrogen-bond donors (Lipinski definition) is 2. The lowest BCUT2D eigenvalue weighted by Gasteiger charge is -2.46. The predicted octanol–water partition coefficient (Wildman–Crippen LogP) is 3.61. The van der Waals surface area contributed by atoms with Crippen LogP contribution in [0.5, 0.6) is 0 Å². The van der Waals surface area contributed by atoms with Crippen molar-refractivity contribution in [3.8, 4) is 0 Å². The average Bonchev–Trinajstić information content (AvgIpc) is 2.84. The highest BCUT2D eigenvalue weighted by Crippen LogP contribution is 2.49. The highest BCUT2D eigenvalue weighted by atomic mass is 19.1. The first-order valence-electron chi connectivity index (χ1n) is 8.45. The summed E-state index contributed by atoms with van der Waals surface area (Å²) in [7, 11) is 0. The molecule has 1 amide bonds. The minimum absolute atomic E-state index is 0.184. The molecule has 132 valence electrons. The fourth-order valence-electron chi connectivity index (χ4n) is 3.72. The fraction of sp³-hybridized carbons (Fsp3) is 0.611. The number of ether oxygens (including phenoxy) is 1. The molecule has 2 aliphatic rings. The lowest BCUT2D eigenvalue weighted by atomic mass is 9.65. The van der Waals surface area contributed by atoms with Gasteiger partial charge in [-0.15, -0.1) is 0 Å². The Labute approximate surface area is 142 Å². The van der Waals surface area contributed by atoms with Gasteiger partial charge in [0.05, 0.1) is 11.4 Å². The summed E-state index contributed by atoms with van der Waals surface area (Å²) in [6.45, 7) is 7.15. The zero-order valence-electron chi connectivity index (χ0n) is 14.6. The molecule has 0 aromatic heterocycles. The minimum atomic E-state index is -0.462. The highest BCUT2D eigenvalue weighted by molar-refractivity contribution is 5.69. The van der Waals surface area contributed by atoms with Crippen LogP contribution in [0.3, 0.4) is 0 Å². The van der Waals surface area contributed by atoms with E-state index in [-0.39, 0.29) is 17.3 Å². The van der Waals surface area contributed by atoms with Crippen molar-refractivity contribution in [1.29, 1.82) is 0 Å². The summed E-state index contributed by atoms with van der Waals surface area (Å²) < 4.78 is 18.6. The van der Waals surface area contributed by atoms with Crippen LogP contribution in [-0.4, -0.2) is 35.7 Å². The molecule has 6 heteroatoms. The van der Waals surface area contributed by atoms with Crippen LogP contribution in [0, 0.1) is 11.2 Å². The Morgan fingerprint density at radius 2 is 2.12 bits per heavy atom. The lowest BCUT2D eigenvalue weighted by Crippen LogP contribution is -2.47. The number of amides is 1. The van der Waals surface area contributed by atoms with E-state index in [0.717, 1.165) is 38.0 Å². The van der Waals surface area contributed by atoms with Gasteiger partial charge in [0.25, 0.3) is 0 Å². The van der Waals surface area contributed by atoms with E-state index in [4.69, 9.17) is 10.5 Å². The lowest BCUT2D eigenvalue weighted by molar-refractivity contribution is 0.0237. The molecule has 0 bridgehead atoms. The maximum atomic E-state index is 13.1. The van der Waals surface area contributed by atoms with Gasteiger partial charge in [-0.2, -0.15) is 0 Å². The molecule has 1 aromatic carbocycles. The largest absolute Gasteiger partial charge is 0.444 e. The molecule has 1 spiro atoms. The Bertz CT molecular complexity index is 636. The predicted molar refractivity (Wildman–Crippen MR) is 92.3 cm³/mol. The second-order valence-electron chi connectivity index (χ2n) is 8.13. The second kappa shape index (κ2) is 5.83. The summed E-state index contributed by atoms with van der Waals surface area (Å²) in [5.74, 6) is -0.327. The number of nitrogens with zero attached hydrogens (tertiary/aromatic N) is 1. The molecular weight excluding hydrogens is 309 g/mol. The van der Waals surface area contributed by atoms with Gasteiger partial charge in [-0.1, -0.05) is 0 Å². The Balaban J connectivity index is 1.52. The molecule has 1 saturated heterocycles. The van der Waals surface area contributed by atoms with E-state index in [2.05, 4.69) is 5.32 Å². The SMILES string of the molecule is CC(C)(C)OC(=O)N1CC[C@]2(C1)C[C@H](Nc1ccc(F)cc1N)C2. The van der Waals surface area contributed by atoms with Gasteiger partial charge < -0.3 is 20.7 Å². The topological polar surface area (TPSA) is 67.6 Å². The Kier molecular flexibility index (Phi) is 4.10. The third-order valence-electron chi connectivity index (χ3n) is 4.82. The standard InChI is InChI=1S/C18H26FN3O2/c1-17(2,3)24-16(23)22-7-6-18(11-22)9-13(10-18)21-15-5-4-12(19)8-14(15)20/h4-5,8,13,21H,6-7,9-11,20H2,1-3H3/t13-,18-. The van der Waals surface area contributed by atoms with Crippen LogP contribution in [0.1, 0.15) is 40.0 Å². The van der Waals surface area contributed by atoms with E-state index in [1.807, 2.05) is 25.7 Å². The number of likely N-dealkylation sites (tertiary alicyclic amines) is 1. The normalized spacial score (nSPS) is 26.3. The van der Waals surface area contributed by atoms with E-state index >= 15 is 0 Å². The van der Waals surface area contributed by atoms with Crippen molar-refractivity contribution in [2.75, 3.05) is 24.1 Å². The van der Waals surface area contributed by atoms with Crippen LogP contribution in [-0.2, 0) is 4.74 Å². The molecule has 1 saturated carbocycles. The number of carbonyl (C=O) groups excluding carboxylic acids is 1. The number of anilines is 2. The van der Waals surface area contributed by atoms with Gasteiger partial charge in [0.15, 0.2) is 0 Å². The van der Waals surface area contributed by atoms with Gasteiger partial charge in [0, 0.05) is 19.1 Å². The van der Waals surface area contributed by atoms with Crippen LogP contribution in [0.2, 0.25) is 0 Å². The zero-order valence-corrected chi connectivity index (χ0v) is 14.6. The van der Waals surface area contributed by atoms with Crippen molar-refractivity contribution >= 4 is 17.5 Å². The summed E-state index contributed by atoms with van der Waals surface area (Å²) in [6, 6.07) is 4.73. The molecule has 0 unspecified atom stereocenters. The van der Waals surface area contributed by atoms with Gasteiger partial charge in [-0.25, -0.2) is 9.18 Å². The number of nitrogens with two attached hydrogens (primary N) is 1. The van der Waals surface area contributed by atoms with Crippen LogP contribution in [0.15, 0.2) is 18.2 Å². The van der Waals surface area contributed by atoms with Crippen molar-refractivity contribution in [3.63, 3.8) is 0 Å². The number of carbonyl (C=O) groups is 1. The van der Waals surface area contributed by atoms with Gasteiger partial charge in [-0.3, -0.25) is 0 Å². The van der Waals surface area contributed by atoms with Crippen LogP contribution in [0.4, 0.5) is 20.6 Å². The van der Waals surface area contributed by atoms with Gasteiger partial charge >= 0.3 is 6.09 Å². The van der Waals surface area contributed by atoms with Crippen LogP contribution >= 0.6 is 0 Å². The zero-order chi connectivity index (χ0) is 17.5. The second-order valence-corrected chi connectivity index (χ2v) is 8.13. The quantitative estimate of drug-likeness (QED) is 0.810. The molecule has 1 aliphatic carbocycles. The van der Waals surface area contributed by atoms with E-state index in [1.54, 1.807) is 6.07 Å². The van der Waals surface area contributed by atoms with Gasteiger partial charge in [0.1, 0.15) is 11.4 Å². The third-order valence-corrected chi connectivity index (χ3v) is 4.82. The Morgan fingerprint density at radius 1 is 1.42 bits per heavy atom. The molecule has 24 heavy (non-hydrogen) atoms. The van der Waals surface area contributed by atoms with Crippen molar-refractivity contribution in [3.05, 3.63) is 24.0 Å². The minimum Gasteiger partial charge on any atom is -0.444 e. The first-order valence-corrected chi connectivity index (χ1v) is 8.45. The Morgan fingerprint density at radius 3 is 2.75 bits per heavy atom. The maximum Gasteiger partial charge on any atom is 0.410 e. The fourth-order valence-corrected chi connectivity index (χ4v) is 3.72. The summed E-state index contributed by atoms with van der Waals surface area (Å²) in [6.07, 6.45) is 2.76. The number of halogens is 1. The molecule has 1 aromatic rings. The van der Waals surface area contributed by atoms with E-state index < -0.39 is 5.60 Å². The van der Waals surface area contributed by atoms with Crippen molar-refractivity contribution < 1.29 is 13.9 Å². The first-order chi connectivity index (χ1) is 11.2. The van der Waals surface area contributed by atoms with Crippen LogP contribution in [0.25, 0.3) is 0 Å². The van der Waals surface area contributed by atoms with Crippen LogP contribution < -0.4 is 11.1 Å². The van der Waals surface area contributed by atoms with Gasteiger partial charge in [0.2, 0.25) is 0 Å². The summed E-state index contributed by atoms with van der Waals surface area (Å²) in [5.41, 5.74) is 6.77. The molecule has 3 rings (SSSR count). The molecule has 1 aliphatic heterocycles. The summed E-state index contributed by atoms with van der Waals surface area (Å²) in [4.78, 5) is 14.0. The molecule has 2 fully saturated rings. The molecule has 5 nitrogen and oxygen atoms in total. The monoisotopic (exact) mass is 335 g/mol. The molecule has 1 heterocycles. The maximum absolute atomic E-state index is 13.1. The molecule has 0 radical (unpaired) electrons. The average molecular weight is 335 g/mol. The molecular formula is C18H26FN3O2. The highest BCUT2D eigenvalue weighted by Gasteiger charge is 2.50. The van der Waals surface area contributed by atoms with E-state index in [1.165, 1.54) is 12.1 Å². The number of rotatable bonds is 2. The summed E-state index contributed by atoms with van der Waals surface area (Å²) >= 11 is 0.